The number of carbonyl (C=O) groups is 2. The molecular formula is C27H21NO5S. The fourth-order valence-corrected chi connectivity index (χ4v) is 4.85. The second-order valence-electron chi connectivity index (χ2n) is 7.97. The number of rotatable bonds is 7. The minimum absolute atomic E-state index is 0.161. The van der Waals surface area contributed by atoms with Gasteiger partial charge in [-0.3, -0.25) is 4.79 Å². The molecule has 0 saturated carbocycles. The van der Waals surface area contributed by atoms with Crippen LogP contribution in [0, 0.1) is 18.8 Å². The molecule has 4 rings (SSSR count). The van der Waals surface area contributed by atoms with E-state index >= 15 is 0 Å². The maximum absolute atomic E-state index is 13.5. The summed E-state index contributed by atoms with van der Waals surface area (Å²) in [5.41, 5.74) is 4.15. The maximum atomic E-state index is 13.5. The lowest BCUT2D eigenvalue weighted by atomic mass is 10.0. The van der Waals surface area contributed by atoms with Crippen molar-refractivity contribution in [2.24, 2.45) is 5.18 Å². The SMILES string of the molecule is C/C(=C\C(=O)O)c1ccc(Oc2c(C(=O)c3ccc(C)cc3C)sc3cc(N=O)ccc23)cc1. The molecule has 34 heavy (non-hydrogen) atoms. The van der Waals surface area contributed by atoms with Gasteiger partial charge in [-0.25, -0.2) is 4.79 Å². The molecule has 0 radical (unpaired) electrons. The van der Waals surface area contributed by atoms with Crippen molar-refractivity contribution >= 4 is 44.4 Å². The highest BCUT2D eigenvalue weighted by Gasteiger charge is 2.23. The van der Waals surface area contributed by atoms with E-state index in [9.17, 15) is 14.5 Å². The molecule has 3 aromatic carbocycles. The molecule has 0 aliphatic rings. The maximum Gasteiger partial charge on any atom is 0.328 e. The van der Waals surface area contributed by atoms with E-state index in [0.29, 0.717) is 32.9 Å². The Balaban J connectivity index is 1.78. The Labute approximate surface area is 200 Å². The zero-order chi connectivity index (χ0) is 24.4. The Morgan fingerprint density at radius 3 is 2.38 bits per heavy atom. The topological polar surface area (TPSA) is 93.0 Å². The number of benzene rings is 3. The van der Waals surface area contributed by atoms with E-state index in [0.717, 1.165) is 27.5 Å². The average molecular weight is 472 g/mol. The highest BCUT2D eigenvalue weighted by atomic mass is 32.1. The number of nitroso groups, excluding NO2 is 1. The van der Waals surface area contributed by atoms with E-state index in [2.05, 4.69) is 5.18 Å². The van der Waals surface area contributed by atoms with E-state index in [1.54, 1.807) is 49.4 Å². The molecule has 1 aromatic heterocycles. The number of thiophene rings is 1. The van der Waals surface area contributed by atoms with Crippen molar-refractivity contribution in [2.45, 2.75) is 20.8 Å². The summed E-state index contributed by atoms with van der Waals surface area (Å²) in [6, 6.07) is 17.6. The molecule has 0 aliphatic heterocycles. The Morgan fingerprint density at radius 2 is 1.74 bits per heavy atom. The van der Waals surface area contributed by atoms with Crippen molar-refractivity contribution in [1.29, 1.82) is 0 Å². The number of carboxylic acids is 1. The van der Waals surface area contributed by atoms with Crippen LogP contribution in [0.2, 0.25) is 0 Å². The third-order valence-electron chi connectivity index (χ3n) is 5.44. The fraction of sp³-hybridized carbons (Fsp3) is 0.111. The summed E-state index contributed by atoms with van der Waals surface area (Å²) in [6.07, 6.45) is 1.14. The van der Waals surface area contributed by atoms with Crippen molar-refractivity contribution in [2.75, 3.05) is 0 Å². The van der Waals surface area contributed by atoms with E-state index < -0.39 is 5.97 Å². The molecule has 0 aliphatic carbocycles. The Hall–Kier alpha value is -4.10. The summed E-state index contributed by atoms with van der Waals surface area (Å²) in [6.45, 7) is 5.59. The second kappa shape index (κ2) is 9.41. The summed E-state index contributed by atoms with van der Waals surface area (Å²) in [7, 11) is 0. The molecule has 7 heteroatoms. The first-order valence-corrected chi connectivity index (χ1v) is 11.3. The first kappa shape index (κ1) is 23.1. The molecule has 1 heterocycles. The number of carboxylic acid groups (broad SMARTS) is 1. The van der Waals surface area contributed by atoms with E-state index in [-0.39, 0.29) is 11.5 Å². The number of aryl methyl sites for hydroxylation is 2. The molecule has 1 N–H and O–H groups in total. The van der Waals surface area contributed by atoms with Crippen molar-refractivity contribution < 1.29 is 19.4 Å². The van der Waals surface area contributed by atoms with E-state index in [4.69, 9.17) is 9.84 Å². The Bertz CT molecular complexity index is 1460. The molecule has 0 amide bonds. The van der Waals surface area contributed by atoms with Gasteiger partial charge in [0.1, 0.15) is 16.3 Å². The van der Waals surface area contributed by atoms with Crippen LogP contribution in [0.25, 0.3) is 15.7 Å². The van der Waals surface area contributed by atoms with Crippen LogP contribution in [0.5, 0.6) is 11.5 Å². The van der Waals surface area contributed by atoms with Crippen LogP contribution >= 0.6 is 11.3 Å². The molecule has 0 bridgehead atoms. The van der Waals surface area contributed by atoms with Gasteiger partial charge in [0.05, 0.1) is 0 Å². The molecular weight excluding hydrogens is 450 g/mol. The number of ketones is 1. The van der Waals surface area contributed by atoms with Gasteiger partial charge in [0.25, 0.3) is 0 Å². The summed E-state index contributed by atoms with van der Waals surface area (Å²) >= 11 is 1.26. The number of nitrogens with zero attached hydrogens (tertiary/aromatic N) is 1. The number of ether oxygens (including phenoxy) is 1. The third kappa shape index (κ3) is 4.65. The lowest BCUT2D eigenvalue weighted by Crippen LogP contribution is -2.03. The normalized spacial score (nSPS) is 11.4. The Morgan fingerprint density at radius 1 is 1.00 bits per heavy atom. The number of fused-ring (bicyclic) bond motifs is 1. The first-order valence-electron chi connectivity index (χ1n) is 10.5. The van der Waals surface area contributed by atoms with E-state index in [1.807, 2.05) is 32.0 Å². The van der Waals surface area contributed by atoms with Gasteiger partial charge in [0, 0.05) is 21.7 Å². The predicted molar refractivity (Wildman–Crippen MR) is 134 cm³/mol. The van der Waals surface area contributed by atoms with Gasteiger partial charge in [0.15, 0.2) is 5.75 Å². The zero-order valence-corrected chi connectivity index (χ0v) is 19.6. The molecule has 4 aromatic rings. The van der Waals surface area contributed by atoms with Crippen molar-refractivity contribution in [3.8, 4) is 11.5 Å². The summed E-state index contributed by atoms with van der Waals surface area (Å²) in [5, 5.41) is 12.7. The quantitative estimate of drug-likeness (QED) is 0.172. The van der Waals surface area contributed by atoms with Gasteiger partial charge in [-0.15, -0.1) is 16.2 Å². The molecule has 0 saturated heterocycles. The number of carbonyl (C=O) groups excluding carboxylic acids is 1. The van der Waals surface area contributed by atoms with Crippen LogP contribution in [0.4, 0.5) is 5.69 Å². The number of aliphatic carboxylic acids is 1. The van der Waals surface area contributed by atoms with Crippen LogP contribution in [0.3, 0.4) is 0 Å². The lowest BCUT2D eigenvalue weighted by molar-refractivity contribution is -0.131. The summed E-state index contributed by atoms with van der Waals surface area (Å²) in [5.74, 6) is -0.265. The number of hydrogen-bond acceptors (Lipinski definition) is 6. The van der Waals surface area contributed by atoms with Crippen LogP contribution in [0.15, 0.2) is 71.9 Å². The largest absolute Gasteiger partial charge is 0.478 e. The Kier molecular flexibility index (Phi) is 6.38. The predicted octanol–water partition coefficient (Wildman–Crippen LogP) is 7.43. The third-order valence-corrected chi connectivity index (χ3v) is 6.57. The minimum Gasteiger partial charge on any atom is -0.478 e. The first-order chi connectivity index (χ1) is 16.3. The van der Waals surface area contributed by atoms with Gasteiger partial charge in [0.2, 0.25) is 5.78 Å². The molecule has 0 unspecified atom stereocenters. The van der Waals surface area contributed by atoms with Gasteiger partial charge < -0.3 is 9.84 Å². The van der Waals surface area contributed by atoms with Gasteiger partial charge >= 0.3 is 5.97 Å². The van der Waals surface area contributed by atoms with Crippen LogP contribution in [-0.4, -0.2) is 16.9 Å². The zero-order valence-electron chi connectivity index (χ0n) is 18.8. The van der Waals surface area contributed by atoms with Crippen LogP contribution in [-0.2, 0) is 4.79 Å². The summed E-state index contributed by atoms with van der Waals surface area (Å²) < 4.78 is 6.92. The van der Waals surface area contributed by atoms with Gasteiger partial charge in [-0.05, 0) is 73.0 Å². The average Bonchev–Trinajstić information content (AvgIpc) is 3.16. The number of allylic oxidation sites excluding steroid dienone is 1. The standard InChI is InChI=1S/C27H21NO5S/c1-15-4-10-21(17(3)12-15)25(31)27-26(22-11-7-19(28-32)14-23(22)34-27)33-20-8-5-18(6-9-20)16(2)13-24(29)30/h4-14H,1-3H3,(H,29,30)/b16-13+. The van der Waals surface area contributed by atoms with Crippen LogP contribution < -0.4 is 4.74 Å². The molecule has 0 fully saturated rings. The van der Waals surface area contributed by atoms with Crippen molar-refractivity contribution in [3.05, 3.63) is 98.8 Å². The number of hydrogen-bond donors (Lipinski definition) is 1. The molecule has 170 valence electrons. The second-order valence-corrected chi connectivity index (χ2v) is 9.02. The van der Waals surface area contributed by atoms with Gasteiger partial charge in [-0.1, -0.05) is 35.9 Å². The van der Waals surface area contributed by atoms with Gasteiger partial charge in [-0.2, -0.15) is 0 Å². The summed E-state index contributed by atoms with van der Waals surface area (Å²) in [4.78, 5) is 35.9. The molecule has 0 atom stereocenters. The lowest BCUT2D eigenvalue weighted by Gasteiger charge is -2.10. The van der Waals surface area contributed by atoms with Crippen molar-refractivity contribution in [3.63, 3.8) is 0 Å². The highest BCUT2D eigenvalue weighted by molar-refractivity contribution is 7.21. The van der Waals surface area contributed by atoms with Crippen molar-refractivity contribution in [1.82, 2.24) is 0 Å². The van der Waals surface area contributed by atoms with E-state index in [1.165, 1.54) is 11.3 Å². The smallest absolute Gasteiger partial charge is 0.328 e. The highest BCUT2D eigenvalue weighted by Crippen LogP contribution is 2.43. The van der Waals surface area contributed by atoms with Crippen LogP contribution in [0.1, 0.15) is 38.8 Å². The minimum atomic E-state index is -1.01. The molecule has 6 nitrogen and oxygen atoms in total. The molecule has 0 spiro atoms. The fourth-order valence-electron chi connectivity index (χ4n) is 3.73. The monoisotopic (exact) mass is 471 g/mol.